The van der Waals surface area contributed by atoms with Crippen molar-refractivity contribution in [2.45, 2.75) is 25.5 Å². The zero-order valence-corrected chi connectivity index (χ0v) is 13.8. The Hall–Kier alpha value is -0.930. The van der Waals surface area contributed by atoms with Gasteiger partial charge in [-0.2, -0.15) is 0 Å². The van der Waals surface area contributed by atoms with Gasteiger partial charge in [-0.25, -0.2) is 0 Å². The Labute approximate surface area is 139 Å². The Bertz CT molecular complexity index is 618. The molecule has 2 rings (SSSR count). The van der Waals surface area contributed by atoms with Crippen LogP contribution in [0.1, 0.15) is 12.5 Å². The standard InChI is InChI=1S/C16H16Cl3NO/c1-10(21-13-6-3-5-12(17)9-13)15(20)8-11-4-2-7-14(18)16(11)19/h2-7,9-10,15H,8,20H2,1H3. The molecule has 0 aliphatic heterocycles. The summed E-state index contributed by atoms with van der Waals surface area (Å²) in [6.07, 6.45) is 0.403. The Morgan fingerprint density at radius 2 is 1.81 bits per heavy atom. The molecule has 112 valence electrons. The number of halogens is 3. The van der Waals surface area contributed by atoms with E-state index in [1.807, 2.05) is 31.2 Å². The van der Waals surface area contributed by atoms with Crippen LogP contribution in [0.4, 0.5) is 0 Å². The minimum absolute atomic E-state index is 0.182. The number of nitrogens with two attached hydrogens (primary N) is 1. The first-order valence-electron chi connectivity index (χ1n) is 6.58. The van der Waals surface area contributed by atoms with Gasteiger partial charge in [0, 0.05) is 11.1 Å². The molecule has 0 aromatic heterocycles. The Morgan fingerprint density at radius 3 is 2.52 bits per heavy atom. The zero-order valence-electron chi connectivity index (χ0n) is 11.5. The van der Waals surface area contributed by atoms with Gasteiger partial charge in [0.1, 0.15) is 11.9 Å². The highest BCUT2D eigenvalue weighted by Crippen LogP contribution is 2.27. The molecule has 0 saturated heterocycles. The topological polar surface area (TPSA) is 35.2 Å². The van der Waals surface area contributed by atoms with Crippen molar-refractivity contribution in [2.75, 3.05) is 0 Å². The van der Waals surface area contributed by atoms with Crippen LogP contribution >= 0.6 is 34.8 Å². The normalized spacial score (nSPS) is 13.8. The van der Waals surface area contributed by atoms with E-state index >= 15 is 0 Å². The van der Waals surface area contributed by atoms with Crippen LogP contribution < -0.4 is 10.5 Å². The average molecular weight is 345 g/mol. The fourth-order valence-electron chi connectivity index (χ4n) is 1.97. The molecule has 2 aromatic rings. The van der Waals surface area contributed by atoms with Gasteiger partial charge in [-0.1, -0.05) is 53.0 Å². The monoisotopic (exact) mass is 343 g/mol. The molecule has 0 heterocycles. The molecule has 2 aromatic carbocycles. The molecule has 5 heteroatoms. The molecule has 2 atom stereocenters. The van der Waals surface area contributed by atoms with Crippen molar-refractivity contribution >= 4 is 34.8 Å². The summed E-state index contributed by atoms with van der Waals surface area (Å²) in [6.45, 7) is 1.92. The molecule has 0 bridgehead atoms. The lowest BCUT2D eigenvalue weighted by molar-refractivity contribution is 0.189. The van der Waals surface area contributed by atoms with Gasteiger partial charge in [-0.15, -0.1) is 0 Å². The molecule has 0 radical (unpaired) electrons. The smallest absolute Gasteiger partial charge is 0.121 e. The fraction of sp³-hybridized carbons (Fsp3) is 0.250. The third-order valence-corrected chi connectivity index (χ3v) is 4.30. The lowest BCUT2D eigenvalue weighted by Crippen LogP contribution is -2.38. The van der Waals surface area contributed by atoms with E-state index in [0.717, 1.165) is 5.56 Å². The first-order chi connectivity index (χ1) is 9.97. The van der Waals surface area contributed by atoms with Gasteiger partial charge in [-0.3, -0.25) is 0 Å². The predicted octanol–water partition coefficient (Wildman–Crippen LogP) is 4.98. The highest BCUT2D eigenvalue weighted by molar-refractivity contribution is 6.42. The first-order valence-corrected chi connectivity index (χ1v) is 7.71. The van der Waals surface area contributed by atoms with E-state index in [0.29, 0.717) is 27.2 Å². The molecule has 0 spiro atoms. The molecule has 0 amide bonds. The summed E-state index contributed by atoms with van der Waals surface area (Å²) in [5.74, 6) is 0.697. The molecule has 0 aliphatic rings. The van der Waals surface area contributed by atoms with E-state index in [1.54, 1.807) is 18.2 Å². The number of hydrogen-bond donors (Lipinski definition) is 1. The first kappa shape index (κ1) is 16.4. The average Bonchev–Trinajstić information content (AvgIpc) is 2.44. The van der Waals surface area contributed by atoms with Crippen LogP contribution in [0.3, 0.4) is 0 Å². The highest BCUT2D eigenvalue weighted by Gasteiger charge is 2.17. The van der Waals surface area contributed by atoms with E-state index in [1.165, 1.54) is 0 Å². The summed E-state index contributed by atoms with van der Waals surface area (Å²) in [7, 11) is 0. The minimum Gasteiger partial charge on any atom is -0.489 e. The zero-order chi connectivity index (χ0) is 15.4. The van der Waals surface area contributed by atoms with Crippen LogP contribution in [0.15, 0.2) is 42.5 Å². The third kappa shape index (κ3) is 4.52. The second-order valence-corrected chi connectivity index (χ2v) is 6.08. The van der Waals surface area contributed by atoms with Crippen molar-refractivity contribution in [1.82, 2.24) is 0 Å². The largest absolute Gasteiger partial charge is 0.489 e. The maximum atomic E-state index is 6.19. The van der Waals surface area contributed by atoms with Crippen LogP contribution in [-0.4, -0.2) is 12.1 Å². The summed E-state index contributed by atoms with van der Waals surface area (Å²) in [4.78, 5) is 0. The number of ether oxygens (including phenoxy) is 1. The summed E-state index contributed by atoms with van der Waals surface area (Å²) in [5.41, 5.74) is 7.11. The number of rotatable bonds is 5. The van der Waals surface area contributed by atoms with Gasteiger partial charge >= 0.3 is 0 Å². The van der Waals surface area contributed by atoms with Crippen molar-refractivity contribution in [3.8, 4) is 5.75 Å². The molecular formula is C16H16Cl3NO. The van der Waals surface area contributed by atoms with Crippen LogP contribution in [0.5, 0.6) is 5.75 Å². The molecule has 2 nitrogen and oxygen atoms in total. The van der Waals surface area contributed by atoms with Gasteiger partial charge in [-0.05, 0) is 43.2 Å². The van der Waals surface area contributed by atoms with Crippen molar-refractivity contribution in [2.24, 2.45) is 5.73 Å². The van der Waals surface area contributed by atoms with Gasteiger partial charge in [0.15, 0.2) is 0 Å². The Balaban J connectivity index is 2.02. The van der Waals surface area contributed by atoms with Crippen molar-refractivity contribution in [3.05, 3.63) is 63.1 Å². The maximum absolute atomic E-state index is 6.19. The second kappa shape index (κ2) is 7.37. The van der Waals surface area contributed by atoms with Crippen molar-refractivity contribution in [3.63, 3.8) is 0 Å². The van der Waals surface area contributed by atoms with Gasteiger partial charge in [0.05, 0.1) is 10.0 Å². The molecule has 2 N–H and O–H groups in total. The molecule has 0 saturated carbocycles. The molecule has 0 aliphatic carbocycles. The number of hydrogen-bond acceptors (Lipinski definition) is 2. The van der Waals surface area contributed by atoms with Crippen LogP contribution in [0.2, 0.25) is 15.1 Å². The summed E-state index contributed by atoms with van der Waals surface area (Å²) in [5, 5.41) is 1.71. The quantitative estimate of drug-likeness (QED) is 0.830. The summed E-state index contributed by atoms with van der Waals surface area (Å²) >= 11 is 18.1. The van der Waals surface area contributed by atoms with E-state index in [-0.39, 0.29) is 12.1 Å². The lowest BCUT2D eigenvalue weighted by atomic mass is 10.0. The highest BCUT2D eigenvalue weighted by atomic mass is 35.5. The van der Waals surface area contributed by atoms with Gasteiger partial charge in [0.2, 0.25) is 0 Å². The van der Waals surface area contributed by atoms with Crippen molar-refractivity contribution in [1.29, 1.82) is 0 Å². The van der Waals surface area contributed by atoms with E-state index in [9.17, 15) is 0 Å². The molecule has 21 heavy (non-hydrogen) atoms. The predicted molar refractivity (Wildman–Crippen MR) is 89.7 cm³/mol. The second-order valence-electron chi connectivity index (χ2n) is 4.86. The van der Waals surface area contributed by atoms with Crippen molar-refractivity contribution < 1.29 is 4.74 Å². The minimum atomic E-state index is -0.208. The van der Waals surface area contributed by atoms with E-state index in [2.05, 4.69) is 0 Å². The van der Waals surface area contributed by atoms with Gasteiger partial charge < -0.3 is 10.5 Å². The van der Waals surface area contributed by atoms with Crippen LogP contribution in [-0.2, 0) is 6.42 Å². The summed E-state index contributed by atoms with van der Waals surface area (Å²) in [6, 6.07) is 12.6. The van der Waals surface area contributed by atoms with Gasteiger partial charge in [0.25, 0.3) is 0 Å². The molecule has 0 fully saturated rings. The third-order valence-electron chi connectivity index (χ3n) is 3.21. The Morgan fingerprint density at radius 1 is 1.10 bits per heavy atom. The summed E-state index contributed by atoms with van der Waals surface area (Å²) < 4.78 is 5.81. The van der Waals surface area contributed by atoms with E-state index < -0.39 is 0 Å². The SMILES string of the molecule is CC(Oc1cccc(Cl)c1)C(N)Cc1cccc(Cl)c1Cl. The van der Waals surface area contributed by atoms with Crippen LogP contribution in [0, 0.1) is 0 Å². The lowest BCUT2D eigenvalue weighted by Gasteiger charge is -2.22. The van der Waals surface area contributed by atoms with E-state index in [4.69, 9.17) is 45.3 Å². The maximum Gasteiger partial charge on any atom is 0.121 e. The number of benzene rings is 2. The molecule has 2 unspecified atom stereocenters. The van der Waals surface area contributed by atoms with Crippen LogP contribution in [0.25, 0.3) is 0 Å². The Kier molecular flexibility index (Phi) is 5.77. The molecular weight excluding hydrogens is 329 g/mol. The fourth-order valence-corrected chi connectivity index (χ4v) is 2.55.